The molecule has 0 aliphatic carbocycles. The molecule has 110 valence electrons. The fourth-order valence-corrected chi connectivity index (χ4v) is 2.78. The molecule has 0 bridgehead atoms. The highest BCUT2D eigenvalue weighted by Gasteiger charge is 2.27. The normalized spacial score (nSPS) is 20.6. The summed E-state index contributed by atoms with van der Waals surface area (Å²) in [6.07, 6.45) is 3.24. The third-order valence-electron chi connectivity index (χ3n) is 3.81. The molecule has 0 spiro atoms. The van der Waals surface area contributed by atoms with Crippen LogP contribution in [0, 0.1) is 10.1 Å². The number of nitrogens with zero attached hydrogens (tertiary/aromatic N) is 2. The summed E-state index contributed by atoms with van der Waals surface area (Å²) in [7, 11) is 1.52. The molecular formula is C14H21N3O3. The van der Waals surface area contributed by atoms with Gasteiger partial charge >= 0.3 is 0 Å². The zero-order chi connectivity index (χ0) is 14.7. The molecule has 6 heteroatoms. The molecule has 0 aromatic heterocycles. The Morgan fingerprint density at radius 3 is 2.80 bits per heavy atom. The highest BCUT2D eigenvalue weighted by molar-refractivity contribution is 5.59. The summed E-state index contributed by atoms with van der Waals surface area (Å²) < 4.78 is 5.17. The number of ether oxygens (including phenoxy) is 1. The number of nitro groups is 1. The van der Waals surface area contributed by atoms with Crippen molar-refractivity contribution in [2.45, 2.75) is 38.3 Å². The molecule has 1 fully saturated rings. The first-order valence-electron chi connectivity index (χ1n) is 6.88. The van der Waals surface area contributed by atoms with E-state index in [4.69, 9.17) is 10.5 Å². The highest BCUT2D eigenvalue weighted by atomic mass is 16.6. The molecule has 1 saturated heterocycles. The van der Waals surface area contributed by atoms with Gasteiger partial charge in [0.2, 0.25) is 0 Å². The van der Waals surface area contributed by atoms with Crippen LogP contribution in [-0.4, -0.2) is 30.7 Å². The molecule has 2 atom stereocenters. The number of piperidine rings is 1. The van der Waals surface area contributed by atoms with E-state index in [0.717, 1.165) is 31.5 Å². The Balaban J connectivity index is 2.38. The Morgan fingerprint density at radius 1 is 1.45 bits per heavy atom. The molecule has 0 amide bonds. The van der Waals surface area contributed by atoms with E-state index in [2.05, 4.69) is 4.90 Å². The second-order valence-electron chi connectivity index (χ2n) is 5.26. The molecule has 1 heterocycles. The van der Waals surface area contributed by atoms with Crippen LogP contribution in [0.3, 0.4) is 0 Å². The standard InChI is InChI=1S/C14H21N3O3/c1-10(15)14-5-3-4-6-16(14)11-7-12(17(18)19)9-13(8-11)20-2/h7-10,14H,3-6,15H2,1-2H3. The van der Waals surface area contributed by atoms with Gasteiger partial charge < -0.3 is 15.4 Å². The fourth-order valence-electron chi connectivity index (χ4n) is 2.78. The molecule has 20 heavy (non-hydrogen) atoms. The lowest BCUT2D eigenvalue weighted by Gasteiger charge is -2.39. The number of rotatable bonds is 4. The Kier molecular flexibility index (Phi) is 4.44. The van der Waals surface area contributed by atoms with Crippen molar-refractivity contribution in [2.24, 2.45) is 5.73 Å². The van der Waals surface area contributed by atoms with Crippen molar-refractivity contribution < 1.29 is 9.66 Å². The summed E-state index contributed by atoms with van der Waals surface area (Å²) in [5.41, 5.74) is 6.92. The summed E-state index contributed by atoms with van der Waals surface area (Å²) in [6.45, 7) is 2.86. The zero-order valence-electron chi connectivity index (χ0n) is 11.9. The number of hydrogen-bond donors (Lipinski definition) is 1. The van der Waals surface area contributed by atoms with Crippen LogP contribution in [0.2, 0.25) is 0 Å². The van der Waals surface area contributed by atoms with E-state index in [9.17, 15) is 10.1 Å². The Labute approximate surface area is 118 Å². The lowest BCUT2D eigenvalue weighted by molar-refractivity contribution is -0.384. The van der Waals surface area contributed by atoms with Crippen LogP contribution in [0.25, 0.3) is 0 Å². The number of methoxy groups -OCH3 is 1. The van der Waals surface area contributed by atoms with Crippen LogP contribution in [0.15, 0.2) is 18.2 Å². The number of anilines is 1. The van der Waals surface area contributed by atoms with Crippen LogP contribution < -0.4 is 15.4 Å². The first kappa shape index (κ1) is 14.6. The molecule has 1 aliphatic heterocycles. The first-order valence-corrected chi connectivity index (χ1v) is 6.88. The molecule has 2 unspecified atom stereocenters. The topological polar surface area (TPSA) is 81.6 Å². The second kappa shape index (κ2) is 6.09. The molecule has 1 aliphatic rings. The van der Waals surface area contributed by atoms with Crippen LogP contribution in [0.5, 0.6) is 5.75 Å². The van der Waals surface area contributed by atoms with Crippen molar-refractivity contribution in [1.82, 2.24) is 0 Å². The minimum Gasteiger partial charge on any atom is -0.496 e. The van der Waals surface area contributed by atoms with Gasteiger partial charge in [-0.25, -0.2) is 0 Å². The maximum Gasteiger partial charge on any atom is 0.275 e. The van der Waals surface area contributed by atoms with E-state index in [0.29, 0.717) is 5.75 Å². The number of non-ortho nitro benzene ring substituents is 1. The SMILES string of the molecule is COc1cc(N2CCCCC2C(C)N)cc([N+](=O)[O-])c1. The molecule has 2 rings (SSSR count). The predicted octanol–water partition coefficient (Wildman–Crippen LogP) is 2.31. The van der Waals surface area contributed by atoms with E-state index in [1.807, 2.05) is 13.0 Å². The van der Waals surface area contributed by atoms with Gasteiger partial charge in [0.15, 0.2) is 0 Å². The van der Waals surface area contributed by atoms with Crippen molar-refractivity contribution in [1.29, 1.82) is 0 Å². The maximum atomic E-state index is 11.0. The Morgan fingerprint density at radius 2 is 2.20 bits per heavy atom. The van der Waals surface area contributed by atoms with Gasteiger partial charge in [-0.1, -0.05) is 0 Å². The minimum absolute atomic E-state index is 0.0283. The van der Waals surface area contributed by atoms with Crippen molar-refractivity contribution in [3.05, 3.63) is 28.3 Å². The molecule has 1 aromatic rings. The lowest BCUT2D eigenvalue weighted by atomic mass is 9.96. The van der Waals surface area contributed by atoms with E-state index in [-0.39, 0.29) is 17.8 Å². The van der Waals surface area contributed by atoms with Crippen LogP contribution in [0.1, 0.15) is 26.2 Å². The molecule has 2 N–H and O–H groups in total. The summed E-state index contributed by atoms with van der Waals surface area (Å²) in [6, 6.07) is 5.13. The predicted molar refractivity (Wildman–Crippen MR) is 78.3 cm³/mol. The van der Waals surface area contributed by atoms with Gasteiger partial charge in [0, 0.05) is 36.4 Å². The van der Waals surface area contributed by atoms with Gasteiger partial charge in [0.05, 0.1) is 18.1 Å². The largest absolute Gasteiger partial charge is 0.496 e. The van der Waals surface area contributed by atoms with Crippen molar-refractivity contribution in [2.75, 3.05) is 18.6 Å². The smallest absolute Gasteiger partial charge is 0.275 e. The number of nitro benzene ring substituents is 1. The van der Waals surface area contributed by atoms with Crippen LogP contribution >= 0.6 is 0 Å². The summed E-state index contributed by atoms with van der Waals surface area (Å²) in [5.74, 6) is 0.503. The Bertz CT molecular complexity index is 491. The number of benzene rings is 1. The van der Waals surface area contributed by atoms with E-state index >= 15 is 0 Å². The molecule has 1 aromatic carbocycles. The molecule has 0 saturated carbocycles. The van der Waals surface area contributed by atoms with Crippen molar-refractivity contribution in [3.63, 3.8) is 0 Å². The lowest BCUT2D eigenvalue weighted by Crippen LogP contribution is -2.49. The summed E-state index contributed by atoms with van der Waals surface area (Å²) in [5, 5.41) is 11.0. The average Bonchev–Trinajstić information content (AvgIpc) is 2.46. The average molecular weight is 279 g/mol. The third-order valence-corrected chi connectivity index (χ3v) is 3.81. The zero-order valence-corrected chi connectivity index (χ0v) is 11.9. The van der Waals surface area contributed by atoms with Gasteiger partial charge in [-0.3, -0.25) is 10.1 Å². The third kappa shape index (κ3) is 3.01. The van der Waals surface area contributed by atoms with Gasteiger partial charge in [-0.05, 0) is 26.2 Å². The maximum absolute atomic E-state index is 11.0. The molecule has 6 nitrogen and oxygen atoms in total. The van der Waals surface area contributed by atoms with E-state index in [1.165, 1.54) is 13.2 Å². The van der Waals surface area contributed by atoms with Gasteiger partial charge in [0.25, 0.3) is 5.69 Å². The van der Waals surface area contributed by atoms with E-state index < -0.39 is 4.92 Å². The molecular weight excluding hydrogens is 258 g/mol. The summed E-state index contributed by atoms with van der Waals surface area (Å²) in [4.78, 5) is 12.8. The van der Waals surface area contributed by atoms with Crippen LogP contribution in [0.4, 0.5) is 11.4 Å². The minimum atomic E-state index is -0.392. The van der Waals surface area contributed by atoms with Gasteiger partial charge in [-0.15, -0.1) is 0 Å². The Hall–Kier alpha value is -1.82. The van der Waals surface area contributed by atoms with Crippen molar-refractivity contribution in [3.8, 4) is 5.75 Å². The number of hydrogen-bond acceptors (Lipinski definition) is 5. The van der Waals surface area contributed by atoms with Gasteiger partial charge in [-0.2, -0.15) is 0 Å². The van der Waals surface area contributed by atoms with Crippen molar-refractivity contribution >= 4 is 11.4 Å². The van der Waals surface area contributed by atoms with Crippen LogP contribution in [-0.2, 0) is 0 Å². The first-order chi connectivity index (χ1) is 9.52. The highest BCUT2D eigenvalue weighted by Crippen LogP contribution is 2.32. The second-order valence-corrected chi connectivity index (χ2v) is 5.26. The quantitative estimate of drug-likeness (QED) is 0.675. The van der Waals surface area contributed by atoms with E-state index in [1.54, 1.807) is 6.07 Å². The fraction of sp³-hybridized carbons (Fsp3) is 0.571. The summed E-state index contributed by atoms with van der Waals surface area (Å²) >= 11 is 0. The number of nitrogens with two attached hydrogens (primary N) is 1. The van der Waals surface area contributed by atoms with Gasteiger partial charge in [0.1, 0.15) is 5.75 Å². The molecule has 0 radical (unpaired) electrons. The monoisotopic (exact) mass is 279 g/mol.